The Bertz CT molecular complexity index is 938. The van der Waals surface area contributed by atoms with E-state index < -0.39 is 12.2 Å². The van der Waals surface area contributed by atoms with Gasteiger partial charge >= 0.3 is 0 Å². The molecular weight excluding hydrogens is 388 g/mol. The van der Waals surface area contributed by atoms with Crippen LogP contribution in [0.5, 0.6) is 11.5 Å². The molecule has 0 saturated carbocycles. The Kier molecular flexibility index (Phi) is 8.71. The van der Waals surface area contributed by atoms with E-state index in [4.69, 9.17) is 9.47 Å². The monoisotopic (exact) mass is 418 g/mol. The lowest BCUT2D eigenvalue weighted by atomic mass is 10.0. The predicted octanol–water partition coefficient (Wildman–Crippen LogP) is 5.03. The quantitative estimate of drug-likeness (QED) is 0.458. The average molecular weight is 419 g/mol. The standard InChI is InChI=1S/C27H30O4/c1-30-27-18-22(14-17-26(27)31-20-23-10-6-3-7-11-23)13-16-25(29)19-24(28)15-12-21-8-4-2-5-9-21/h2-12,14-15,17-18,24-25,28-29H,13,16,19-20H2,1H3/b15-12-/t24-,25+/m0/s1. The summed E-state index contributed by atoms with van der Waals surface area (Å²) in [6.07, 6.45) is 3.87. The molecule has 0 aliphatic heterocycles. The third-order valence-corrected chi connectivity index (χ3v) is 5.06. The van der Waals surface area contributed by atoms with Gasteiger partial charge in [-0.15, -0.1) is 0 Å². The summed E-state index contributed by atoms with van der Waals surface area (Å²) in [5.41, 5.74) is 3.17. The molecule has 0 aliphatic carbocycles. The molecule has 4 heteroatoms. The van der Waals surface area contributed by atoms with Gasteiger partial charge in [0, 0.05) is 6.42 Å². The fraction of sp³-hybridized carbons (Fsp3) is 0.259. The summed E-state index contributed by atoms with van der Waals surface area (Å²) in [4.78, 5) is 0. The summed E-state index contributed by atoms with van der Waals surface area (Å²) in [6, 6.07) is 25.6. The van der Waals surface area contributed by atoms with Crippen LogP contribution in [0.25, 0.3) is 6.08 Å². The van der Waals surface area contributed by atoms with Crippen LogP contribution < -0.4 is 9.47 Å². The minimum atomic E-state index is -0.682. The summed E-state index contributed by atoms with van der Waals surface area (Å²) in [5.74, 6) is 1.37. The fourth-order valence-corrected chi connectivity index (χ4v) is 3.32. The number of hydrogen-bond acceptors (Lipinski definition) is 4. The topological polar surface area (TPSA) is 58.9 Å². The van der Waals surface area contributed by atoms with Crippen molar-refractivity contribution in [2.45, 2.75) is 38.1 Å². The van der Waals surface area contributed by atoms with E-state index in [-0.39, 0.29) is 0 Å². The highest BCUT2D eigenvalue weighted by Gasteiger charge is 2.12. The van der Waals surface area contributed by atoms with Crippen LogP contribution in [0.1, 0.15) is 29.5 Å². The molecule has 0 heterocycles. The first-order chi connectivity index (χ1) is 15.1. The van der Waals surface area contributed by atoms with E-state index in [0.717, 1.165) is 16.7 Å². The third-order valence-electron chi connectivity index (χ3n) is 5.06. The van der Waals surface area contributed by atoms with Crippen LogP contribution in [0.15, 0.2) is 84.9 Å². The van der Waals surface area contributed by atoms with Crippen LogP contribution >= 0.6 is 0 Å². The first-order valence-corrected chi connectivity index (χ1v) is 10.6. The molecule has 0 aromatic heterocycles. The zero-order valence-corrected chi connectivity index (χ0v) is 17.9. The van der Waals surface area contributed by atoms with E-state index >= 15 is 0 Å². The van der Waals surface area contributed by atoms with Gasteiger partial charge in [-0.1, -0.05) is 78.9 Å². The van der Waals surface area contributed by atoms with Crippen LogP contribution in [-0.4, -0.2) is 29.5 Å². The van der Waals surface area contributed by atoms with Crippen molar-refractivity contribution < 1.29 is 19.7 Å². The second kappa shape index (κ2) is 11.9. The van der Waals surface area contributed by atoms with E-state index in [9.17, 15) is 10.2 Å². The maximum Gasteiger partial charge on any atom is 0.161 e. The van der Waals surface area contributed by atoms with Crippen molar-refractivity contribution in [3.05, 3.63) is 102 Å². The van der Waals surface area contributed by atoms with Gasteiger partial charge < -0.3 is 19.7 Å². The van der Waals surface area contributed by atoms with Gasteiger partial charge in [-0.2, -0.15) is 0 Å². The second-order valence-electron chi connectivity index (χ2n) is 7.52. The molecule has 0 fully saturated rings. The van der Waals surface area contributed by atoms with Crippen LogP contribution in [-0.2, 0) is 13.0 Å². The van der Waals surface area contributed by atoms with Gasteiger partial charge in [0.1, 0.15) is 6.61 Å². The van der Waals surface area contributed by atoms with Gasteiger partial charge in [-0.25, -0.2) is 0 Å². The Morgan fingerprint density at radius 1 is 0.839 bits per heavy atom. The Morgan fingerprint density at radius 3 is 2.26 bits per heavy atom. The molecule has 4 nitrogen and oxygen atoms in total. The highest BCUT2D eigenvalue weighted by Crippen LogP contribution is 2.29. The first-order valence-electron chi connectivity index (χ1n) is 10.6. The normalized spacial score (nSPS) is 13.1. The molecule has 3 rings (SSSR count). The summed E-state index contributed by atoms with van der Waals surface area (Å²) in [7, 11) is 1.62. The number of aliphatic hydroxyl groups excluding tert-OH is 2. The summed E-state index contributed by atoms with van der Waals surface area (Å²) in [5, 5.41) is 20.5. The Morgan fingerprint density at radius 2 is 1.55 bits per heavy atom. The smallest absolute Gasteiger partial charge is 0.161 e. The number of hydrogen-bond donors (Lipinski definition) is 2. The molecule has 0 radical (unpaired) electrons. The number of rotatable bonds is 11. The van der Waals surface area contributed by atoms with Crippen molar-refractivity contribution in [2.75, 3.05) is 7.11 Å². The van der Waals surface area contributed by atoms with Gasteiger partial charge in [0.05, 0.1) is 19.3 Å². The number of benzene rings is 3. The van der Waals surface area contributed by atoms with Gasteiger partial charge in [0.15, 0.2) is 11.5 Å². The minimum Gasteiger partial charge on any atom is -0.493 e. The highest BCUT2D eigenvalue weighted by molar-refractivity contribution is 5.49. The molecule has 0 bridgehead atoms. The molecule has 0 saturated heterocycles. The van der Waals surface area contributed by atoms with E-state index in [1.54, 1.807) is 13.2 Å². The zero-order valence-electron chi connectivity index (χ0n) is 17.9. The van der Waals surface area contributed by atoms with Crippen LogP contribution in [0.3, 0.4) is 0 Å². The van der Waals surface area contributed by atoms with Crippen LogP contribution in [0.2, 0.25) is 0 Å². The lowest BCUT2D eigenvalue weighted by Crippen LogP contribution is -2.16. The van der Waals surface area contributed by atoms with Gasteiger partial charge in [-0.05, 0) is 41.7 Å². The molecule has 0 spiro atoms. The van der Waals surface area contributed by atoms with E-state index in [2.05, 4.69) is 0 Å². The summed E-state index contributed by atoms with van der Waals surface area (Å²) in [6.45, 7) is 0.476. The summed E-state index contributed by atoms with van der Waals surface area (Å²) < 4.78 is 11.4. The fourth-order valence-electron chi connectivity index (χ4n) is 3.32. The molecule has 0 unspecified atom stereocenters. The zero-order chi connectivity index (χ0) is 21.9. The average Bonchev–Trinajstić information content (AvgIpc) is 2.81. The number of aryl methyl sites for hydroxylation is 1. The molecule has 2 atom stereocenters. The molecule has 2 N–H and O–H groups in total. The van der Waals surface area contributed by atoms with E-state index in [0.29, 0.717) is 37.4 Å². The van der Waals surface area contributed by atoms with Crippen molar-refractivity contribution in [2.24, 2.45) is 0 Å². The molecular formula is C27H30O4. The largest absolute Gasteiger partial charge is 0.493 e. The van der Waals surface area contributed by atoms with Crippen LogP contribution in [0, 0.1) is 0 Å². The number of methoxy groups -OCH3 is 1. The van der Waals surface area contributed by atoms with Crippen molar-refractivity contribution >= 4 is 6.08 Å². The SMILES string of the molecule is COc1cc(CC[C@@H](O)C[C@@H](O)/C=C\c2ccccc2)ccc1OCc1ccccc1. The van der Waals surface area contributed by atoms with E-state index in [1.165, 1.54) is 0 Å². The van der Waals surface area contributed by atoms with Crippen LogP contribution in [0.4, 0.5) is 0 Å². The maximum atomic E-state index is 10.3. The van der Waals surface area contributed by atoms with Crippen molar-refractivity contribution in [1.82, 2.24) is 0 Å². The number of aliphatic hydroxyl groups is 2. The van der Waals surface area contributed by atoms with Crippen molar-refractivity contribution in [3.63, 3.8) is 0 Å². The molecule has 0 aliphatic rings. The molecule has 162 valence electrons. The predicted molar refractivity (Wildman–Crippen MR) is 124 cm³/mol. The van der Waals surface area contributed by atoms with Gasteiger partial charge in [0.25, 0.3) is 0 Å². The first kappa shape index (κ1) is 22.6. The van der Waals surface area contributed by atoms with E-state index in [1.807, 2.05) is 84.9 Å². The van der Waals surface area contributed by atoms with Crippen molar-refractivity contribution in [1.29, 1.82) is 0 Å². The second-order valence-corrected chi connectivity index (χ2v) is 7.52. The number of ether oxygens (including phenoxy) is 2. The molecule has 3 aromatic carbocycles. The minimum absolute atomic E-state index is 0.304. The van der Waals surface area contributed by atoms with Crippen molar-refractivity contribution in [3.8, 4) is 11.5 Å². The lowest BCUT2D eigenvalue weighted by molar-refractivity contribution is 0.0983. The summed E-state index contributed by atoms with van der Waals surface area (Å²) >= 11 is 0. The highest BCUT2D eigenvalue weighted by atomic mass is 16.5. The van der Waals surface area contributed by atoms with Gasteiger partial charge in [-0.3, -0.25) is 0 Å². The lowest BCUT2D eigenvalue weighted by Gasteiger charge is -2.15. The molecule has 3 aromatic rings. The third kappa shape index (κ3) is 7.59. The Labute approximate surface area is 184 Å². The Hall–Kier alpha value is -3.08. The molecule has 31 heavy (non-hydrogen) atoms. The maximum absolute atomic E-state index is 10.3. The molecule has 0 amide bonds. The van der Waals surface area contributed by atoms with Gasteiger partial charge in [0.2, 0.25) is 0 Å². The Balaban J connectivity index is 1.48.